The summed E-state index contributed by atoms with van der Waals surface area (Å²) in [4.78, 5) is 38.1. The Morgan fingerprint density at radius 1 is 0.286 bits per heavy atom. The van der Waals surface area contributed by atoms with Crippen molar-refractivity contribution in [3.63, 3.8) is 0 Å². The van der Waals surface area contributed by atoms with Crippen LogP contribution in [0.15, 0.2) is 109 Å². The van der Waals surface area contributed by atoms with Gasteiger partial charge in [-0.25, -0.2) is 0 Å². The molecule has 0 N–H and O–H groups in total. The molecule has 1 atom stereocenters. The Kier molecular flexibility index (Phi) is 61.3. The molecule has 6 heteroatoms. The molecule has 6 nitrogen and oxygen atoms in total. The molecule has 0 spiro atoms. The van der Waals surface area contributed by atoms with E-state index in [0.717, 1.165) is 70.6 Å². The molecule has 0 amide bonds. The largest absolute Gasteiger partial charge is 0.462 e. The number of rotatable bonds is 58. The summed E-state index contributed by atoms with van der Waals surface area (Å²) < 4.78 is 16.7. The Morgan fingerprint density at radius 3 is 0.857 bits per heavy atom. The molecule has 0 bridgehead atoms. The Balaban J connectivity index is 4.24. The molecule has 0 fully saturated rings. The number of ether oxygens (including phenoxy) is 3. The Bertz CT molecular complexity index is 1560. The maximum absolute atomic E-state index is 12.8. The van der Waals surface area contributed by atoms with Crippen molar-refractivity contribution in [2.75, 3.05) is 13.2 Å². The first-order chi connectivity index (χ1) is 38.0. The Labute approximate surface area is 476 Å². The lowest BCUT2D eigenvalue weighted by Gasteiger charge is -2.18. The zero-order valence-electron chi connectivity index (χ0n) is 50.4. The van der Waals surface area contributed by atoms with Gasteiger partial charge in [0, 0.05) is 12.8 Å². The van der Waals surface area contributed by atoms with Gasteiger partial charge >= 0.3 is 17.9 Å². The molecule has 0 aliphatic heterocycles. The van der Waals surface area contributed by atoms with Crippen LogP contribution in [-0.4, -0.2) is 37.2 Å². The standard InChI is InChI=1S/C71H120O6/c1-4-7-10-13-16-19-22-25-27-28-29-30-31-32-33-34-35-36-37-38-39-40-41-42-44-46-49-52-55-58-61-64-70(73)76-67-68(66-75-69(72)63-60-57-54-51-48-45-24-21-18-15-12-9-6-3)77-71(74)65-62-59-56-53-50-47-43-26-23-20-17-14-11-8-5-2/h8-9,11-12,17-18,20-21,26,43,45,48,50,53-54,57,59,62,68H,4-7,10,13-16,19,22-25,27-42,44,46-47,49,51-52,55-56,58,60-61,63-67H2,1-3H3/b11-8-,12-9-,20-17-,21-18-,43-26-,48-45-,53-50-,57-54-,62-59-. The van der Waals surface area contributed by atoms with Gasteiger partial charge in [0.25, 0.3) is 0 Å². The number of carbonyl (C=O) groups excluding carboxylic acids is 3. The maximum atomic E-state index is 12.8. The van der Waals surface area contributed by atoms with Crippen LogP contribution in [0.5, 0.6) is 0 Å². The highest BCUT2D eigenvalue weighted by Gasteiger charge is 2.19. The van der Waals surface area contributed by atoms with E-state index in [1.807, 2.05) is 18.2 Å². The fraction of sp³-hybridized carbons (Fsp3) is 0.704. The van der Waals surface area contributed by atoms with Crippen molar-refractivity contribution in [3.8, 4) is 0 Å². The Hall–Kier alpha value is -3.93. The summed E-state index contributed by atoms with van der Waals surface area (Å²) in [5, 5.41) is 0. The SMILES string of the molecule is CC/C=C\C/C=C\C/C=C\C/C=C\C/C=C\CC(=O)OC(COC(=O)CC/C=C\C/C=C\C/C=C\C/C=C\CC)COC(=O)CCCCCCCCCCCCCCCCCCCCCCCCCCCCCCCCC. The molecular formula is C71H120O6. The van der Waals surface area contributed by atoms with Crippen LogP contribution in [0.25, 0.3) is 0 Å². The molecule has 0 heterocycles. The average Bonchev–Trinajstić information content (AvgIpc) is 3.43. The topological polar surface area (TPSA) is 78.9 Å². The minimum Gasteiger partial charge on any atom is -0.462 e. The Morgan fingerprint density at radius 2 is 0.545 bits per heavy atom. The van der Waals surface area contributed by atoms with E-state index in [9.17, 15) is 14.4 Å². The fourth-order valence-electron chi connectivity index (χ4n) is 9.06. The van der Waals surface area contributed by atoms with Gasteiger partial charge in [-0.3, -0.25) is 14.4 Å². The summed E-state index contributed by atoms with van der Waals surface area (Å²) in [6.07, 6.45) is 88.9. The van der Waals surface area contributed by atoms with Crippen LogP contribution in [0.4, 0.5) is 0 Å². The lowest BCUT2D eigenvalue weighted by atomic mass is 10.0. The van der Waals surface area contributed by atoms with Crippen LogP contribution >= 0.6 is 0 Å². The average molecular weight is 1070 g/mol. The van der Waals surface area contributed by atoms with Crippen molar-refractivity contribution in [1.29, 1.82) is 0 Å². The summed E-state index contributed by atoms with van der Waals surface area (Å²) in [7, 11) is 0. The lowest BCUT2D eigenvalue weighted by Crippen LogP contribution is -2.30. The lowest BCUT2D eigenvalue weighted by molar-refractivity contribution is -0.166. The highest BCUT2D eigenvalue weighted by atomic mass is 16.6. The zero-order chi connectivity index (χ0) is 55.7. The van der Waals surface area contributed by atoms with Crippen LogP contribution < -0.4 is 0 Å². The van der Waals surface area contributed by atoms with Crippen LogP contribution in [0.1, 0.15) is 303 Å². The van der Waals surface area contributed by atoms with E-state index in [1.165, 1.54) is 180 Å². The molecule has 0 aromatic carbocycles. The van der Waals surface area contributed by atoms with Crippen LogP contribution in [0.2, 0.25) is 0 Å². The van der Waals surface area contributed by atoms with Gasteiger partial charge in [-0.1, -0.05) is 323 Å². The summed E-state index contributed by atoms with van der Waals surface area (Å²) in [5.74, 6) is -1.15. The van der Waals surface area contributed by atoms with E-state index >= 15 is 0 Å². The third kappa shape index (κ3) is 62.8. The minimum atomic E-state index is -0.862. The van der Waals surface area contributed by atoms with Crippen molar-refractivity contribution in [3.05, 3.63) is 109 Å². The predicted octanol–water partition coefficient (Wildman–Crippen LogP) is 22.2. The quantitative estimate of drug-likeness (QED) is 0.0261. The van der Waals surface area contributed by atoms with Gasteiger partial charge in [0.05, 0.1) is 6.42 Å². The number of hydrogen-bond donors (Lipinski definition) is 0. The smallest absolute Gasteiger partial charge is 0.310 e. The molecule has 0 aliphatic rings. The molecule has 0 rings (SSSR count). The molecular weight excluding hydrogens is 949 g/mol. The van der Waals surface area contributed by atoms with Crippen LogP contribution in [0.3, 0.4) is 0 Å². The second-order valence-electron chi connectivity index (χ2n) is 21.3. The van der Waals surface area contributed by atoms with Crippen molar-refractivity contribution < 1.29 is 28.6 Å². The highest BCUT2D eigenvalue weighted by Crippen LogP contribution is 2.17. The van der Waals surface area contributed by atoms with Crippen molar-refractivity contribution in [2.24, 2.45) is 0 Å². The highest BCUT2D eigenvalue weighted by molar-refractivity contribution is 5.72. The van der Waals surface area contributed by atoms with Gasteiger partial charge in [0.2, 0.25) is 0 Å². The van der Waals surface area contributed by atoms with Crippen molar-refractivity contribution in [2.45, 2.75) is 309 Å². The van der Waals surface area contributed by atoms with Gasteiger partial charge in [0.1, 0.15) is 13.2 Å². The summed E-state index contributed by atoms with van der Waals surface area (Å²) in [6, 6.07) is 0. The molecule has 0 aromatic heterocycles. The van der Waals surface area contributed by atoms with E-state index in [4.69, 9.17) is 14.2 Å². The first kappa shape index (κ1) is 73.1. The van der Waals surface area contributed by atoms with E-state index in [-0.39, 0.29) is 38.0 Å². The third-order valence-electron chi connectivity index (χ3n) is 13.8. The van der Waals surface area contributed by atoms with Gasteiger partial charge in [-0.2, -0.15) is 0 Å². The number of hydrogen-bond acceptors (Lipinski definition) is 6. The number of esters is 3. The minimum absolute atomic E-state index is 0.0808. The van der Waals surface area contributed by atoms with Gasteiger partial charge in [-0.05, 0) is 70.6 Å². The summed E-state index contributed by atoms with van der Waals surface area (Å²) >= 11 is 0. The number of unbranched alkanes of at least 4 members (excludes halogenated alkanes) is 30. The first-order valence-electron chi connectivity index (χ1n) is 32.4. The number of allylic oxidation sites excluding steroid dienone is 17. The molecule has 0 aliphatic carbocycles. The molecule has 77 heavy (non-hydrogen) atoms. The molecule has 440 valence electrons. The molecule has 0 aromatic rings. The normalized spacial score (nSPS) is 12.8. The van der Waals surface area contributed by atoms with Gasteiger partial charge < -0.3 is 14.2 Å². The van der Waals surface area contributed by atoms with Crippen molar-refractivity contribution in [1.82, 2.24) is 0 Å². The van der Waals surface area contributed by atoms with Crippen LogP contribution in [0, 0.1) is 0 Å². The van der Waals surface area contributed by atoms with Gasteiger partial charge in [-0.15, -0.1) is 0 Å². The van der Waals surface area contributed by atoms with Crippen LogP contribution in [-0.2, 0) is 28.6 Å². The van der Waals surface area contributed by atoms with E-state index < -0.39 is 12.1 Å². The fourth-order valence-corrected chi connectivity index (χ4v) is 9.06. The predicted molar refractivity (Wildman–Crippen MR) is 334 cm³/mol. The van der Waals surface area contributed by atoms with E-state index in [2.05, 4.69) is 106 Å². The first-order valence-corrected chi connectivity index (χ1v) is 32.4. The summed E-state index contributed by atoms with van der Waals surface area (Å²) in [6.45, 7) is 6.28. The summed E-state index contributed by atoms with van der Waals surface area (Å²) in [5.41, 5.74) is 0. The zero-order valence-corrected chi connectivity index (χ0v) is 50.4. The molecule has 1 unspecified atom stereocenters. The molecule has 0 saturated carbocycles. The molecule has 0 saturated heterocycles. The second kappa shape index (κ2) is 64.6. The second-order valence-corrected chi connectivity index (χ2v) is 21.3. The third-order valence-corrected chi connectivity index (χ3v) is 13.8. The number of carbonyl (C=O) groups is 3. The van der Waals surface area contributed by atoms with E-state index in [0.29, 0.717) is 19.3 Å². The van der Waals surface area contributed by atoms with Crippen molar-refractivity contribution >= 4 is 17.9 Å². The van der Waals surface area contributed by atoms with Gasteiger partial charge in [0.15, 0.2) is 6.10 Å². The monoisotopic (exact) mass is 1070 g/mol. The van der Waals surface area contributed by atoms with E-state index in [1.54, 1.807) is 6.08 Å². The maximum Gasteiger partial charge on any atom is 0.310 e. The molecule has 0 radical (unpaired) electrons.